The highest BCUT2D eigenvalue weighted by Gasteiger charge is 2.16. The Morgan fingerprint density at radius 2 is 1.83 bits per heavy atom. The Morgan fingerprint density at radius 1 is 1.09 bits per heavy atom. The van der Waals surface area contributed by atoms with Crippen molar-refractivity contribution in [1.29, 1.82) is 0 Å². The van der Waals surface area contributed by atoms with E-state index in [0.717, 1.165) is 17.7 Å². The Kier molecular flexibility index (Phi) is 4.39. The molecule has 0 amide bonds. The second-order valence-corrected chi connectivity index (χ2v) is 6.29. The van der Waals surface area contributed by atoms with E-state index >= 15 is 0 Å². The van der Waals surface area contributed by atoms with E-state index in [9.17, 15) is 0 Å². The molecule has 0 spiro atoms. The highest BCUT2D eigenvalue weighted by atomic mass is 16.5. The fourth-order valence-corrected chi connectivity index (χ4v) is 3.38. The minimum atomic E-state index is 0.289. The maximum absolute atomic E-state index is 6.10. The SMILES string of the molecule is COc1ccc2[nH]cc(C(CN)Cc3cc(C)cc(C)c3)c2c1. The molecule has 1 unspecified atom stereocenters. The lowest BCUT2D eigenvalue weighted by molar-refractivity contribution is 0.415. The maximum atomic E-state index is 6.10. The first kappa shape index (κ1) is 15.6. The quantitative estimate of drug-likeness (QED) is 0.746. The summed E-state index contributed by atoms with van der Waals surface area (Å²) in [4.78, 5) is 3.35. The van der Waals surface area contributed by atoms with Gasteiger partial charge in [-0.2, -0.15) is 0 Å². The van der Waals surface area contributed by atoms with Gasteiger partial charge in [-0.3, -0.25) is 0 Å². The van der Waals surface area contributed by atoms with Crippen LogP contribution in [0.1, 0.15) is 28.2 Å². The van der Waals surface area contributed by atoms with Gasteiger partial charge in [-0.25, -0.2) is 0 Å². The molecular weight excluding hydrogens is 284 g/mol. The van der Waals surface area contributed by atoms with Gasteiger partial charge in [0.15, 0.2) is 0 Å². The van der Waals surface area contributed by atoms with Crippen molar-refractivity contribution < 1.29 is 4.74 Å². The van der Waals surface area contributed by atoms with Gasteiger partial charge in [-0.15, -0.1) is 0 Å². The molecule has 1 atom stereocenters. The molecule has 1 heterocycles. The van der Waals surface area contributed by atoms with E-state index in [4.69, 9.17) is 10.5 Å². The molecule has 1 aromatic heterocycles. The van der Waals surface area contributed by atoms with E-state index in [1.54, 1.807) is 7.11 Å². The Morgan fingerprint density at radius 3 is 2.48 bits per heavy atom. The molecule has 0 fully saturated rings. The number of aromatic nitrogens is 1. The summed E-state index contributed by atoms with van der Waals surface area (Å²) in [6.45, 7) is 4.91. The first-order valence-corrected chi connectivity index (χ1v) is 8.03. The molecule has 0 aliphatic heterocycles. The van der Waals surface area contributed by atoms with Crippen LogP contribution in [0.25, 0.3) is 10.9 Å². The van der Waals surface area contributed by atoms with Crippen LogP contribution in [0.3, 0.4) is 0 Å². The molecule has 3 N–H and O–H groups in total. The van der Waals surface area contributed by atoms with Gasteiger partial charge in [-0.05, 0) is 56.1 Å². The number of nitrogens with two attached hydrogens (primary N) is 1. The minimum Gasteiger partial charge on any atom is -0.497 e. The number of hydrogen-bond acceptors (Lipinski definition) is 2. The lowest BCUT2D eigenvalue weighted by Gasteiger charge is -2.15. The van der Waals surface area contributed by atoms with Crippen LogP contribution in [-0.4, -0.2) is 18.6 Å². The Balaban J connectivity index is 1.97. The van der Waals surface area contributed by atoms with Gasteiger partial charge in [-0.1, -0.05) is 29.3 Å². The summed E-state index contributed by atoms with van der Waals surface area (Å²) in [5.41, 5.74) is 12.4. The second kappa shape index (κ2) is 6.47. The van der Waals surface area contributed by atoms with Crippen LogP contribution >= 0.6 is 0 Å². The standard InChI is InChI=1S/C20H24N2O/c1-13-6-14(2)8-15(7-13)9-16(11-21)19-12-22-20-5-4-17(23-3)10-18(19)20/h4-8,10,12,16,22H,9,11,21H2,1-3H3. The molecule has 0 saturated carbocycles. The third kappa shape index (κ3) is 3.25. The molecule has 3 rings (SSSR count). The lowest BCUT2D eigenvalue weighted by atomic mass is 9.90. The summed E-state index contributed by atoms with van der Waals surface area (Å²) in [7, 11) is 1.70. The average Bonchev–Trinajstić information content (AvgIpc) is 2.94. The normalized spacial score (nSPS) is 12.5. The van der Waals surface area contributed by atoms with Crippen molar-refractivity contribution in [3.63, 3.8) is 0 Å². The second-order valence-electron chi connectivity index (χ2n) is 6.29. The molecular formula is C20H24N2O. The zero-order valence-electron chi connectivity index (χ0n) is 14.0. The highest BCUT2D eigenvalue weighted by molar-refractivity contribution is 5.85. The third-order valence-electron chi connectivity index (χ3n) is 4.41. The minimum absolute atomic E-state index is 0.289. The summed E-state index contributed by atoms with van der Waals surface area (Å²) < 4.78 is 5.36. The summed E-state index contributed by atoms with van der Waals surface area (Å²) in [5.74, 6) is 1.16. The topological polar surface area (TPSA) is 51.0 Å². The molecule has 0 radical (unpaired) electrons. The van der Waals surface area contributed by atoms with E-state index in [0.29, 0.717) is 6.54 Å². The predicted octanol–water partition coefficient (Wildman–Crippen LogP) is 4.08. The summed E-state index contributed by atoms with van der Waals surface area (Å²) in [6.07, 6.45) is 3.04. The molecule has 2 aromatic carbocycles. The van der Waals surface area contributed by atoms with Gasteiger partial charge >= 0.3 is 0 Å². The van der Waals surface area contributed by atoms with Crippen molar-refractivity contribution in [2.45, 2.75) is 26.2 Å². The van der Waals surface area contributed by atoms with E-state index in [-0.39, 0.29) is 5.92 Å². The molecule has 0 aliphatic carbocycles. The van der Waals surface area contributed by atoms with Crippen LogP contribution in [0.2, 0.25) is 0 Å². The number of benzene rings is 2. The molecule has 3 aromatic rings. The van der Waals surface area contributed by atoms with Gasteiger partial charge in [0.05, 0.1) is 7.11 Å². The third-order valence-corrected chi connectivity index (χ3v) is 4.41. The molecule has 3 nitrogen and oxygen atoms in total. The smallest absolute Gasteiger partial charge is 0.119 e. The Labute approximate surface area is 137 Å². The van der Waals surface area contributed by atoms with Gasteiger partial charge in [0.25, 0.3) is 0 Å². The largest absolute Gasteiger partial charge is 0.497 e. The molecule has 0 aliphatic rings. The van der Waals surface area contributed by atoms with Crippen LogP contribution in [0.5, 0.6) is 5.75 Å². The van der Waals surface area contributed by atoms with Crippen LogP contribution in [0.4, 0.5) is 0 Å². The number of hydrogen-bond donors (Lipinski definition) is 2. The molecule has 3 heteroatoms. The Bertz CT molecular complexity index is 799. The Hall–Kier alpha value is -2.26. The fraction of sp³-hybridized carbons (Fsp3) is 0.300. The van der Waals surface area contributed by atoms with Crippen molar-refractivity contribution >= 4 is 10.9 Å². The van der Waals surface area contributed by atoms with Crippen LogP contribution in [0.15, 0.2) is 42.6 Å². The number of aromatic amines is 1. The van der Waals surface area contributed by atoms with Crippen molar-refractivity contribution in [2.75, 3.05) is 13.7 Å². The molecule has 120 valence electrons. The van der Waals surface area contributed by atoms with Crippen molar-refractivity contribution in [2.24, 2.45) is 5.73 Å². The average molecular weight is 308 g/mol. The van der Waals surface area contributed by atoms with E-state index in [1.165, 1.54) is 27.6 Å². The summed E-state index contributed by atoms with van der Waals surface area (Å²) in [5, 5.41) is 1.20. The zero-order valence-corrected chi connectivity index (χ0v) is 14.0. The van der Waals surface area contributed by atoms with Crippen LogP contribution < -0.4 is 10.5 Å². The number of H-pyrrole nitrogens is 1. The number of nitrogens with one attached hydrogen (secondary N) is 1. The highest BCUT2D eigenvalue weighted by Crippen LogP contribution is 2.30. The first-order chi connectivity index (χ1) is 11.1. The van der Waals surface area contributed by atoms with Gasteiger partial charge in [0, 0.05) is 23.0 Å². The van der Waals surface area contributed by atoms with Gasteiger partial charge in [0.1, 0.15) is 5.75 Å². The van der Waals surface area contributed by atoms with Crippen LogP contribution in [-0.2, 0) is 6.42 Å². The maximum Gasteiger partial charge on any atom is 0.119 e. The van der Waals surface area contributed by atoms with Crippen LogP contribution in [0, 0.1) is 13.8 Å². The van der Waals surface area contributed by atoms with E-state index in [1.807, 2.05) is 6.07 Å². The van der Waals surface area contributed by atoms with E-state index < -0.39 is 0 Å². The fourth-order valence-electron chi connectivity index (χ4n) is 3.38. The number of ether oxygens (including phenoxy) is 1. The van der Waals surface area contributed by atoms with Gasteiger partial charge < -0.3 is 15.5 Å². The summed E-state index contributed by atoms with van der Waals surface area (Å²) in [6, 6.07) is 12.8. The first-order valence-electron chi connectivity index (χ1n) is 8.03. The lowest BCUT2D eigenvalue weighted by Crippen LogP contribution is -2.15. The molecule has 0 bridgehead atoms. The number of fused-ring (bicyclic) bond motifs is 1. The summed E-state index contributed by atoms with van der Waals surface area (Å²) >= 11 is 0. The van der Waals surface area contributed by atoms with Crippen molar-refractivity contribution in [3.05, 3.63) is 64.8 Å². The number of aryl methyl sites for hydroxylation is 2. The zero-order chi connectivity index (χ0) is 16.4. The number of rotatable bonds is 5. The molecule has 23 heavy (non-hydrogen) atoms. The molecule has 0 saturated heterocycles. The monoisotopic (exact) mass is 308 g/mol. The van der Waals surface area contributed by atoms with Crippen molar-refractivity contribution in [1.82, 2.24) is 4.98 Å². The van der Waals surface area contributed by atoms with Gasteiger partial charge in [0.2, 0.25) is 0 Å². The predicted molar refractivity (Wildman–Crippen MR) is 96.3 cm³/mol. The van der Waals surface area contributed by atoms with Crippen molar-refractivity contribution in [3.8, 4) is 5.75 Å². The van der Waals surface area contributed by atoms with E-state index in [2.05, 4.69) is 55.4 Å². The number of methoxy groups -OCH3 is 1.